The average molecular weight is 218 g/mol. The molecule has 0 aliphatic carbocycles. The van der Waals surface area contributed by atoms with E-state index in [1.807, 2.05) is 0 Å². The van der Waals surface area contributed by atoms with Crippen molar-refractivity contribution in [2.24, 2.45) is 0 Å². The first kappa shape index (κ1) is 11.7. The molecule has 1 saturated heterocycles. The molecule has 0 spiro atoms. The molecule has 1 heterocycles. The summed E-state index contributed by atoms with van der Waals surface area (Å²) in [6, 6.07) is 10.9. The highest BCUT2D eigenvalue weighted by molar-refractivity contribution is 5.19. The minimum atomic E-state index is 0.499. The van der Waals surface area contributed by atoms with Gasteiger partial charge >= 0.3 is 0 Å². The van der Waals surface area contributed by atoms with Gasteiger partial charge in [0, 0.05) is 6.61 Å². The van der Waals surface area contributed by atoms with Crippen LogP contribution in [0.25, 0.3) is 0 Å². The van der Waals surface area contributed by atoms with Crippen molar-refractivity contribution >= 4 is 0 Å². The second-order valence-electron chi connectivity index (χ2n) is 4.74. The highest BCUT2D eigenvalue weighted by atomic mass is 16.5. The lowest BCUT2D eigenvalue weighted by atomic mass is 9.89. The van der Waals surface area contributed by atoms with Crippen LogP contribution in [0.15, 0.2) is 30.3 Å². The van der Waals surface area contributed by atoms with E-state index in [0.717, 1.165) is 6.61 Å². The lowest BCUT2D eigenvalue weighted by molar-refractivity contribution is 0.00676. The molecule has 1 aliphatic rings. The summed E-state index contributed by atoms with van der Waals surface area (Å²) in [5, 5.41) is 0. The lowest BCUT2D eigenvalue weighted by Crippen LogP contribution is -2.21. The molecule has 0 saturated carbocycles. The van der Waals surface area contributed by atoms with Crippen LogP contribution in [-0.4, -0.2) is 12.7 Å². The summed E-state index contributed by atoms with van der Waals surface area (Å²) >= 11 is 0. The van der Waals surface area contributed by atoms with Gasteiger partial charge in [-0.15, -0.1) is 0 Å². The van der Waals surface area contributed by atoms with Crippen LogP contribution in [0.3, 0.4) is 0 Å². The normalized spacial score (nSPS) is 22.9. The Balaban J connectivity index is 1.94. The van der Waals surface area contributed by atoms with Gasteiger partial charge < -0.3 is 4.74 Å². The fourth-order valence-corrected chi connectivity index (χ4v) is 2.57. The molecule has 0 aromatic heterocycles. The van der Waals surface area contributed by atoms with Crippen LogP contribution in [0.5, 0.6) is 0 Å². The predicted octanol–water partition coefficient (Wildman–Crippen LogP) is 4.14. The van der Waals surface area contributed by atoms with E-state index in [4.69, 9.17) is 4.74 Å². The van der Waals surface area contributed by atoms with Crippen LogP contribution >= 0.6 is 0 Å². The van der Waals surface area contributed by atoms with Crippen molar-refractivity contribution in [3.8, 4) is 0 Å². The van der Waals surface area contributed by atoms with Crippen LogP contribution in [0.2, 0.25) is 0 Å². The molecule has 2 unspecified atom stereocenters. The Morgan fingerprint density at radius 3 is 2.69 bits per heavy atom. The number of rotatable bonds is 4. The molecule has 2 rings (SSSR count). The first-order chi connectivity index (χ1) is 7.90. The molecule has 1 fully saturated rings. The van der Waals surface area contributed by atoms with Gasteiger partial charge in [0.15, 0.2) is 0 Å². The molecular formula is C15H22O. The van der Waals surface area contributed by atoms with Crippen molar-refractivity contribution in [3.05, 3.63) is 35.9 Å². The van der Waals surface area contributed by atoms with E-state index in [2.05, 4.69) is 37.3 Å². The monoisotopic (exact) mass is 218 g/mol. The fraction of sp³-hybridized carbons (Fsp3) is 0.600. The van der Waals surface area contributed by atoms with Gasteiger partial charge in [0.05, 0.1) is 6.10 Å². The first-order valence-electron chi connectivity index (χ1n) is 6.56. The van der Waals surface area contributed by atoms with Gasteiger partial charge in [-0.3, -0.25) is 0 Å². The number of hydrogen-bond acceptors (Lipinski definition) is 1. The highest BCUT2D eigenvalue weighted by Crippen LogP contribution is 2.28. The van der Waals surface area contributed by atoms with Crippen molar-refractivity contribution in [2.45, 2.75) is 51.0 Å². The van der Waals surface area contributed by atoms with E-state index in [0.29, 0.717) is 12.0 Å². The average Bonchev–Trinajstić information content (AvgIpc) is 2.38. The molecule has 1 heteroatoms. The van der Waals surface area contributed by atoms with E-state index >= 15 is 0 Å². The maximum absolute atomic E-state index is 5.83. The van der Waals surface area contributed by atoms with Crippen LogP contribution in [0.1, 0.15) is 50.5 Å². The van der Waals surface area contributed by atoms with Crippen molar-refractivity contribution in [3.63, 3.8) is 0 Å². The fourth-order valence-electron chi connectivity index (χ4n) is 2.57. The Kier molecular flexibility index (Phi) is 4.41. The number of ether oxygens (including phenoxy) is 1. The third kappa shape index (κ3) is 3.08. The summed E-state index contributed by atoms with van der Waals surface area (Å²) in [4.78, 5) is 0. The maximum Gasteiger partial charge on any atom is 0.0581 e. The topological polar surface area (TPSA) is 9.23 Å². The number of benzene rings is 1. The smallest absolute Gasteiger partial charge is 0.0581 e. The summed E-state index contributed by atoms with van der Waals surface area (Å²) in [5.41, 5.74) is 1.47. The molecule has 88 valence electrons. The molecule has 0 radical (unpaired) electrons. The summed E-state index contributed by atoms with van der Waals surface area (Å²) in [7, 11) is 0. The van der Waals surface area contributed by atoms with Gasteiger partial charge in [-0.2, -0.15) is 0 Å². The third-order valence-corrected chi connectivity index (χ3v) is 3.59. The molecular weight excluding hydrogens is 196 g/mol. The zero-order valence-electron chi connectivity index (χ0n) is 10.2. The SMILES string of the molecule is CCC(CC1CCCCO1)c1ccccc1. The Hall–Kier alpha value is -0.820. The summed E-state index contributed by atoms with van der Waals surface area (Å²) < 4.78 is 5.83. The minimum Gasteiger partial charge on any atom is -0.378 e. The van der Waals surface area contributed by atoms with Gasteiger partial charge in [-0.05, 0) is 43.6 Å². The molecule has 1 nitrogen and oxygen atoms in total. The van der Waals surface area contributed by atoms with E-state index < -0.39 is 0 Å². The second kappa shape index (κ2) is 6.05. The molecule has 1 aliphatic heterocycles. The lowest BCUT2D eigenvalue weighted by Gasteiger charge is -2.26. The summed E-state index contributed by atoms with van der Waals surface area (Å²) in [5.74, 6) is 0.671. The molecule has 0 N–H and O–H groups in total. The molecule has 16 heavy (non-hydrogen) atoms. The van der Waals surface area contributed by atoms with E-state index in [1.165, 1.54) is 37.7 Å². The minimum absolute atomic E-state index is 0.499. The largest absolute Gasteiger partial charge is 0.378 e. The second-order valence-corrected chi connectivity index (χ2v) is 4.74. The Bertz CT molecular complexity index is 288. The van der Waals surface area contributed by atoms with E-state index in [1.54, 1.807) is 0 Å². The van der Waals surface area contributed by atoms with E-state index in [-0.39, 0.29) is 0 Å². The Morgan fingerprint density at radius 2 is 2.06 bits per heavy atom. The standard InChI is InChI=1S/C15H22O/c1-2-13(14-8-4-3-5-9-14)12-15-10-6-7-11-16-15/h3-5,8-9,13,15H,2,6-7,10-12H2,1H3. The molecule has 0 amide bonds. The van der Waals surface area contributed by atoms with Crippen LogP contribution in [0, 0.1) is 0 Å². The Morgan fingerprint density at radius 1 is 1.25 bits per heavy atom. The molecule has 0 bridgehead atoms. The molecule has 2 atom stereocenters. The first-order valence-corrected chi connectivity index (χ1v) is 6.56. The highest BCUT2D eigenvalue weighted by Gasteiger charge is 2.19. The maximum atomic E-state index is 5.83. The zero-order valence-corrected chi connectivity index (χ0v) is 10.2. The summed E-state index contributed by atoms with van der Waals surface area (Å²) in [6.45, 7) is 3.25. The predicted molar refractivity (Wildman–Crippen MR) is 67.7 cm³/mol. The molecule has 1 aromatic rings. The van der Waals surface area contributed by atoms with E-state index in [9.17, 15) is 0 Å². The van der Waals surface area contributed by atoms with Gasteiger partial charge in [0.2, 0.25) is 0 Å². The van der Waals surface area contributed by atoms with Crippen molar-refractivity contribution in [2.75, 3.05) is 6.61 Å². The van der Waals surface area contributed by atoms with Crippen molar-refractivity contribution in [1.29, 1.82) is 0 Å². The van der Waals surface area contributed by atoms with Crippen LogP contribution < -0.4 is 0 Å². The Labute approximate surface area is 98.8 Å². The number of hydrogen-bond donors (Lipinski definition) is 0. The molecule has 1 aromatic carbocycles. The van der Waals surface area contributed by atoms with Gasteiger partial charge in [0.25, 0.3) is 0 Å². The third-order valence-electron chi connectivity index (χ3n) is 3.59. The van der Waals surface area contributed by atoms with Gasteiger partial charge in [-0.1, -0.05) is 37.3 Å². The van der Waals surface area contributed by atoms with Crippen molar-refractivity contribution in [1.82, 2.24) is 0 Å². The van der Waals surface area contributed by atoms with Crippen LogP contribution in [0.4, 0.5) is 0 Å². The van der Waals surface area contributed by atoms with Gasteiger partial charge in [-0.25, -0.2) is 0 Å². The zero-order chi connectivity index (χ0) is 11.2. The van der Waals surface area contributed by atoms with Crippen LogP contribution in [-0.2, 0) is 4.74 Å². The summed E-state index contributed by atoms with van der Waals surface area (Å²) in [6.07, 6.45) is 6.75. The quantitative estimate of drug-likeness (QED) is 0.738. The van der Waals surface area contributed by atoms with Gasteiger partial charge in [0.1, 0.15) is 0 Å². The van der Waals surface area contributed by atoms with Crippen molar-refractivity contribution < 1.29 is 4.74 Å².